The van der Waals surface area contributed by atoms with Crippen molar-refractivity contribution in [2.24, 2.45) is 0 Å². The van der Waals surface area contributed by atoms with E-state index in [2.05, 4.69) is 4.74 Å². The minimum atomic E-state index is -1.77. The average Bonchev–Trinajstić information content (AvgIpc) is 2.36. The standard InChI is InChI=1S/C11H14O6/c1-16-6-3-4-8(12)7(5-6)9(13)10(14)11(15)17-2/h3-5,9-10,12-14H,1-2H3. The van der Waals surface area contributed by atoms with Crippen LogP contribution in [0.25, 0.3) is 0 Å². The molecule has 1 aromatic carbocycles. The van der Waals surface area contributed by atoms with Gasteiger partial charge in [0.05, 0.1) is 14.2 Å². The van der Waals surface area contributed by atoms with Crippen LogP contribution in [-0.4, -0.2) is 41.6 Å². The Labute approximate surface area is 98.0 Å². The van der Waals surface area contributed by atoms with Crippen LogP contribution in [0.4, 0.5) is 0 Å². The molecule has 0 heterocycles. The molecule has 0 aromatic heterocycles. The summed E-state index contributed by atoms with van der Waals surface area (Å²) in [7, 11) is 2.50. The molecule has 6 nitrogen and oxygen atoms in total. The molecule has 2 atom stereocenters. The van der Waals surface area contributed by atoms with Gasteiger partial charge in [0.1, 0.15) is 17.6 Å². The largest absolute Gasteiger partial charge is 0.508 e. The maximum Gasteiger partial charge on any atom is 0.337 e. The Hall–Kier alpha value is -1.79. The Kier molecular flexibility index (Phi) is 4.30. The van der Waals surface area contributed by atoms with Gasteiger partial charge >= 0.3 is 5.97 Å². The van der Waals surface area contributed by atoms with E-state index in [1.165, 1.54) is 25.3 Å². The zero-order valence-electron chi connectivity index (χ0n) is 9.45. The second-order valence-corrected chi connectivity index (χ2v) is 3.34. The first-order valence-electron chi connectivity index (χ1n) is 4.82. The summed E-state index contributed by atoms with van der Waals surface area (Å²) in [5.41, 5.74) is -0.0118. The van der Waals surface area contributed by atoms with Gasteiger partial charge in [-0.1, -0.05) is 0 Å². The number of rotatable bonds is 4. The van der Waals surface area contributed by atoms with Crippen molar-refractivity contribution in [3.63, 3.8) is 0 Å². The number of carbonyl (C=O) groups excluding carboxylic acids is 1. The summed E-state index contributed by atoms with van der Waals surface area (Å²) in [6.07, 6.45) is -3.35. The summed E-state index contributed by atoms with van der Waals surface area (Å²) in [4.78, 5) is 11.0. The molecule has 94 valence electrons. The van der Waals surface area contributed by atoms with Crippen LogP contribution < -0.4 is 4.74 Å². The van der Waals surface area contributed by atoms with Gasteiger partial charge in [-0.25, -0.2) is 4.79 Å². The van der Waals surface area contributed by atoms with Gasteiger partial charge in [0.15, 0.2) is 6.10 Å². The Morgan fingerprint density at radius 1 is 1.29 bits per heavy atom. The lowest BCUT2D eigenvalue weighted by Gasteiger charge is -2.17. The summed E-state index contributed by atoms with van der Waals surface area (Å²) in [5, 5.41) is 28.7. The number of hydrogen-bond donors (Lipinski definition) is 3. The third kappa shape index (κ3) is 2.86. The number of ether oxygens (including phenoxy) is 2. The molecule has 1 aromatic rings. The normalized spacial score (nSPS) is 13.9. The van der Waals surface area contributed by atoms with E-state index in [-0.39, 0.29) is 11.3 Å². The number of aliphatic hydroxyl groups is 2. The number of aliphatic hydroxyl groups excluding tert-OH is 2. The molecule has 3 N–H and O–H groups in total. The van der Waals surface area contributed by atoms with Gasteiger partial charge in [-0.15, -0.1) is 0 Å². The summed E-state index contributed by atoms with van der Waals surface area (Å²) < 4.78 is 9.20. The number of methoxy groups -OCH3 is 2. The number of aromatic hydroxyl groups is 1. The highest BCUT2D eigenvalue weighted by Gasteiger charge is 2.28. The summed E-state index contributed by atoms with van der Waals surface area (Å²) in [6.45, 7) is 0. The lowest BCUT2D eigenvalue weighted by molar-refractivity contribution is -0.156. The molecule has 17 heavy (non-hydrogen) atoms. The van der Waals surface area contributed by atoms with Crippen LogP contribution in [0.1, 0.15) is 11.7 Å². The van der Waals surface area contributed by atoms with Crippen LogP contribution in [0, 0.1) is 0 Å². The minimum Gasteiger partial charge on any atom is -0.508 e. The van der Waals surface area contributed by atoms with Gasteiger partial charge in [-0.05, 0) is 18.2 Å². The number of carbonyl (C=O) groups is 1. The molecule has 0 spiro atoms. The van der Waals surface area contributed by atoms with E-state index in [4.69, 9.17) is 4.74 Å². The second-order valence-electron chi connectivity index (χ2n) is 3.34. The van der Waals surface area contributed by atoms with E-state index in [9.17, 15) is 20.1 Å². The first-order valence-corrected chi connectivity index (χ1v) is 4.82. The maximum atomic E-state index is 11.0. The molecule has 0 aliphatic carbocycles. The van der Waals surface area contributed by atoms with E-state index >= 15 is 0 Å². The first-order chi connectivity index (χ1) is 8.01. The lowest BCUT2D eigenvalue weighted by Crippen LogP contribution is -2.29. The van der Waals surface area contributed by atoms with Crippen LogP contribution in [0.2, 0.25) is 0 Å². The topological polar surface area (TPSA) is 96.2 Å². The Morgan fingerprint density at radius 2 is 1.94 bits per heavy atom. The monoisotopic (exact) mass is 242 g/mol. The van der Waals surface area contributed by atoms with Gasteiger partial charge in [0.2, 0.25) is 0 Å². The predicted molar refractivity (Wildman–Crippen MR) is 57.6 cm³/mol. The van der Waals surface area contributed by atoms with Gasteiger partial charge in [-0.2, -0.15) is 0 Å². The van der Waals surface area contributed by atoms with E-state index in [1.54, 1.807) is 0 Å². The second kappa shape index (κ2) is 5.51. The van der Waals surface area contributed by atoms with Crippen molar-refractivity contribution in [2.75, 3.05) is 14.2 Å². The Bertz CT molecular complexity index is 403. The van der Waals surface area contributed by atoms with Crippen molar-refractivity contribution in [1.82, 2.24) is 0 Å². The SMILES string of the molecule is COC(=O)C(O)C(O)c1cc(OC)ccc1O. The van der Waals surface area contributed by atoms with Crippen LogP contribution in [0.15, 0.2) is 18.2 Å². The zero-order chi connectivity index (χ0) is 13.0. The quantitative estimate of drug-likeness (QED) is 0.641. The van der Waals surface area contributed by atoms with E-state index in [0.29, 0.717) is 5.75 Å². The minimum absolute atomic E-state index is 0.0118. The fourth-order valence-corrected chi connectivity index (χ4v) is 1.32. The smallest absolute Gasteiger partial charge is 0.337 e. The lowest BCUT2D eigenvalue weighted by atomic mass is 10.0. The predicted octanol–water partition coefficient (Wildman–Crippen LogP) is -0.0319. The zero-order valence-corrected chi connectivity index (χ0v) is 9.45. The highest BCUT2D eigenvalue weighted by molar-refractivity contribution is 5.75. The molecule has 0 bridgehead atoms. The van der Waals surface area contributed by atoms with Crippen molar-refractivity contribution in [2.45, 2.75) is 12.2 Å². The van der Waals surface area contributed by atoms with Crippen LogP contribution in [0.3, 0.4) is 0 Å². The fraction of sp³-hybridized carbons (Fsp3) is 0.364. The number of esters is 1. The van der Waals surface area contributed by atoms with E-state index < -0.39 is 18.2 Å². The third-order valence-corrected chi connectivity index (χ3v) is 2.30. The third-order valence-electron chi connectivity index (χ3n) is 2.30. The molecule has 0 fully saturated rings. The molecule has 0 amide bonds. The van der Waals surface area contributed by atoms with Crippen LogP contribution >= 0.6 is 0 Å². The first kappa shape index (κ1) is 13.3. The van der Waals surface area contributed by atoms with E-state index in [0.717, 1.165) is 7.11 Å². The number of phenolic OH excluding ortho intramolecular Hbond substituents is 1. The van der Waals surface area contributed by atoms with Gasteiger partial charge in [0.25, 0.3) is 0 Å². The van der Waals surface area contributed by atoms with Crippen molar-refractivity contribution < 1.29 is 29.6 Å². The molecule has 6 heteroatoms. The van der Waals surface area contributed by atoms with Crippen LogP contribution in [0.5, 0.6) is 11.5 Å². The summed E-state index contributed by atoms with van der Waals surface area (Å²) in [5.74, 6) is -0.852. The number of phenols is 1. The van der Waals surface area contributed by atoms with Crippen LogP contribution in [-0.2, 0) is 9.53 Å². The highest BCUT2D eigenvalue weighted by Crippen LogP contribution is 2.30. The Morgan fingerprint density at radius 3 is 2.47 bits per heavy atom. The molecule has 0 saturated carbocycles. The van der Waals surface area contributed by atoms with Gasteiger partial charge in [-0.3, -0.25) is 0 Å². The highest BCUT2D eigenvalue weighted by atomic mass is 16.5. The number of hydrogen-bond acceptors (Lipinski definition) is 6. The maximum absolute atomic E-state index is 11.0. The molecule has 0 aliphatic rings. The molecule has 0 saturated heterocycles. The van der Waals surface area contributed by atoms with Crippen molar-refractivity contribution in [1.29, 1.82) is 0 Å². The van der Waals surface area contributed by atoms with Crippen molar-refractivity contribution in [3.8, 4) is 11.5 Å². The molecule has 1 rings (SSSR count). The molecule has 0 radical (unpaired) electrons. The summed E-state index contributed by atoms with van der Waals surface area (Å²) in [6, 6.07) is 4.10. The molecular formula is C11H14O6. The molecule has 0 aliphatic heterocycles. The van der Waals surface area contributed by atoms with Gasteiger partial charge < -0.3 is 24.8 Å². The van der Waals surface area contributed by atoms with Crippen molar-refractivity contribution >= 4 is 5.97 Å². The Balaban J connectivity index is 3.02. The van der Waals surface area contributed by atoms with Gasteiger partial charge in [0, 0.05) is 5.56 Å². The number of benzene rings is 1. The fourth-order valence-electron chi connectivity index (χ4n) is 1.32. The van der Waals surface area contributed by atoms with Crippen molar-refractivity contribution in [3.05, 3.63) is 23.8 Å². The summed E-state index contributed by atoms with van der Waals surface area (Å²) >= 11 is 0. The average molecular weight is 242 g/mol. The van der Waals surface area contributed by atoms with E-state index in [1.807, 2.05) is 0 Å². The molecule has 2 unspecified atom stereocenters. The molecular weight excluding hydrogens is 228 g/mol.